The Hall–Kier alpha value is -2.06. The minimum Gasteiger partial charge on any atom is -0.475 e. The molecule has 1 aromatic heterocycles. The third kappa shape index (κ3) is 4.60. The van der Waals surface area contributed by atoms with Crippen molar-refractivity contribution < 1.29 is 24.9 Å². The SMILES string of the molecule is CC(=O)NCCC(O)C(O)c1cnc(C(=O)O)nc1. The van der Waals surface area contributed by atoms with Crippen LogP contribution < -0.4 is 5.32 Å². The van der Waals surface area contributed by atoms with Crippen LogP contribution in [0.5, 0.6) is 0 Å². The number of carboxylic acids is 1. The number of rotatable bonds is 6. The second-order valence-corrected chi connectivity index (χ2v) is 3.93. The molecular formula is C11H15N3O5. The first-order valence-electron chi connectivity index (χ1n) is 5.57. The van der Waals surface area contributed by atoms with Crippen molar-refractivity contribution in [3.63, 3.8) is 0 Å². The number of aromatic carboxylic acids is 1. The van der Waals surface area contributed by atoms with E-state index in [0.717, 1.165) is 12.4 Å². The molecule has 0 aliphatic carbocycles. The maximum absolute atomic E-state index is 10.6. The minimum absolute atomic E-state index is 0.154. The molecule has 0 saturated carbocycles. The molecule has 0 spiro atoms. The van der Waals surface area contributed by atoms with Crippen LogP contribution in [-0.2, 0) is 4.79 Å². The van der Waals surface area contributed by atoms with Gasteiger partial charge in [0.05, 0.1) is 6.10 Å². The number of carboxylic acid groups (broad SMARTS) is 1. The maximum atomic E-state index is 10.6. The van der Waals surface area contributed by atoms with Gasteiger partial charge >= 0.3 is 5.97 Å². The Morgan fingerprint density at radius 1 is 1.32 bits per heavy atom. The third-order valence-corrected chi connectivity index (χ3v) is 2.38. The summed E-state index contributed by atoms with van der Waals surface area (Å²) < 4.78 is 0. The molecular weight excluding hydrogens is 254 g/mol. The highest BCUT2D eigenvalue weighted by Crippen LogP contribution is 2.17. The molecule has 2 unspecified atom stereocenters. The lowest BCUT2D eigenvalue weighted by Crippen LogP contribution is -2.27. The second kappa shape index (κ2) is 6.76. The van der Waals surface area contributed by atoms with E-state index in [0.29, 0.717) is 0 Å². The first kappa shape index (κ1) is 15.0. The van der Waals surface area contributed by atoms with Crippen LogP contribution in [0.2, 0.25) is 0 Å². The van der Waals surface area contributed by atoms with E-state index in [1.54, 1.807) is 0 Å². The fourth-order valence-corrected chi connectivity index (χ4v) is 1.38. The lowest BCUT2D eigenvalue weighted by atomic mass is 10.1. The quantitative estimate of drug-likeness (QED) is 0.525. The largest absolute Gasteiger partial charge is 0.475 e. The van der Waals surface area contributed by atoms with Crippen LogP contribution in [0.15, 0.2) is 12.4 Å². The molecule has 1 aromatic rings. The topological polar surface area (TPSA) is 133 Å². The smallest absolute Gasteiger partial charge is 0.373 e. The number of carbonyl (C=O) groups is 2. The lowest BCUT2D eigenvalue weighted by molar-refractivity contribution is -0.119. The number of amides is 1. The molecule has 1 rings (SSSR count). The maximum Gasteiger partial charge on any atom is 0.373 e. The molecule has 1 amide bonds. The molecule has 1 heterocycles. The number of hydrogen-bond acceptors (Lipinski definition) is 6. The molecule has 19 heavy (non-hydrogen) atoms. The van der Waals surface area contributed by atoms with Gasteiger partial charge in [0, 0.05) is 31.4 Å². The highest BCUT2D eigenvalue weighted by Gasteiger charge is 2.19. The average Bonchev–Trinajstić information content (AvgIpc) is 2.37. The molecule has 0 aromatic carbocycles. The summed E-state index contributed by atoms with van der Waals surface area (Å²) >= 11 is 0. The van der Waals surface area contributed by atoms with Crippen molar-refractivity contribution in [2.45, 2.75) is 25.6 Å². The highest BCUT2D eigenvalue weighted by molar-refractivity contribution is 5.82. The fraction of sp³-hybridized carbons (Fsp3) is 0.455. The molecule has 8 nitrogen and oxygen atoms in total. The van der Waals surface area contributed by atoms with Gasteiger partial charge in [0.15, 0.2) is 0 Å². The zero-order valence-corrected chi connectivity index (χ0v) is 10.3. The molecule has 104 valence electrons. The lowest BCUT2D eigenvalue weighted by Gasteiger charge is -2.17. The van der Waals surface area contributed by atoms with Gasteiger partial charge in [-0.05, 0) is 6.42 Å². The first-order valence-corrected chi connectivity index (χ1v) is 5.57. The first-order chi connectivity index (χ1) is 8.91. The van der Waals surface area contributed by atoms with Gasteiger partial charge in [0.1, 0.15) is 6.10 Å². The summed E-state index contributed by atoms with van der Waals surface area (Å²) in [6.45, 7) is 1.57. The standard InChI is InChI=1S/C11H15N3O5/c1-6(15)12-3-2-8(16)9(17)7-4-13-10(11(18)19)14-5-7/h4-5,8-9,16-17H,2-3H2,1H3,(H,12,15)(H,18,19). The van der Waals surface area contributed by atoms with Crippen molar-refractivity contribution in [1.82, 2.24) is 15.3 Å². The van der Waals surface area contributed by atoms with Gasteiger partial charge in [-0.25, -0.2) is 14.8 Å². The van der Waals surface area contributed by atoms with Crippen LogP contribution in [0.25, 0.3) is 0 Å². The Kier molecular flexibility index (Phi) is 5.34. The highest BCUT2D eigenvalue weighted by atomic mass is 16.4. The van der Waals surface area contributed by atoms with E-state index in [4.69, 9.17) is 5.11 Å². The summed E-state index contributed by atoms with van der Waals surface area (Å²) in [5, 5.41) is 30.6. The molecule has 0 aliphatic heterocycles. The summed E-state index contributed by atoms with van der Waals surface area (Å²) in [7, 11) is 0. The Morgan fingerprint density at radius 2 is 1.89 bits per heavy atom. The number of hydrogen-bond donors (Lipinski definition) is 4. The Labute approximate surface area is 109 Å². The molecule has 8 heteroatoms. The normalized spacial score (nSPS) is 13.6. The number of aromatic nitrogens is 2. The molecule has 0 saturated heterocycles. The molecule has 2 atom stereocenters. The summed E-state index contributed by atoms with van der Waals surface area (Å²) in [6.07, 6.45) is 0.0927. The molecule has 0 bridgehead atoms. The van der Waals surface area contributed by atoms with Crippen molar-refractivity contribution in [3.8, 4) is 0 Å². The van der Waals surface area contributed by atoms with Crippen LogP contribution in [0.4, 0.5) is 0 Å². The van der Waals surface area contributed by atoms with Crippen molar-refractivity contribution >= 4 is 11.9 Å². The van der Waals surface area contributed by atoms with Crippen LogP contribution in [0, 0.1) is 0 Å². The monoisotopic (exact) mass is 269 g/mol. The van der Waals surface area contributed by atoms with Gasteiger partial charge in [-0.3, -0.25) is 4.79 Å². The summed E-state index contributed by atoms with van der Waals surface area (Å²) in [5.41, 5.74) is 0.209. The van der Waals surface area contributed by atoms with E-state index < -0.39 is 18.2 Å². The molecule has 4 N–H and O–H groups in total. The zero-order valence-electron chi connectivity index (χ0n) is 10.3. The summed E-state index contributed by atoms with van der Waals surface area (Å²) in [5.74, 6) is -1.88. The Balaban J connectivity index is 2.58. The van der Waals surface area contributed by atoms with Gasteiger partial charge in [-0.15, -0.1) is 0 Å². The van der Waals surface area contributed by atoms with Crippen LogP contribution in [-0.4, -0.2) is 49.8 Å². The van der Waals surface area contributed by atoms with Crippen LogP contribution in [0.3, 0.4) is 0 Å². The van der Waals surface area contributed by atoms with E-state index in [1.165, 1.54) is 6.92 Å². The van der Waals surface area contributed by atoms with Crippen LogP contribution in [0.1, 0.15) is 35.6 Å². The van der Waals surface area contributed by atoms with Crippen molar-refractivity contribution in [2.75, 3.05) is 6.54 Å². The van der Waals surface area contributed by atoms with Crippen molar-refractivity contribution in [3.05, 3.63) is 23.8 Å². The van der Waals surface area contributed by atoms with Crippen molar-refractivity contribution in [2.24, 2.45) is 0 Å². The molecule has 0 radical (unpaired) electrons. The number of aliphatic hydroxyl groups is 2. The molecule has 0 fully saturated rings. The van der Waals surface area contributed by atoms with Crippen molar-refractivity contribution in [1.29, 1.82) is 0 Å². The van der Waals surface area contributed by atoms with Gasteiger partial charge < -0.3 is 20.6 Å². The second-order valence-electron chi connectivity index (χ2n) is 3.93. The van der Waals surface area contributed by atoms with Gasteiger partial charge in [0.2, 0.25) is 11.7 Å². The summed E-state index contributed by atoms with van der Waals surface area (Å²) in [4.78, 5) is 28.3. The van der Waals surface area contributed by atoms with E-state index in [9.17, 15) is 19.8 Å². The fourth-order valence-electron chi connectivity index (χ4n) is 1.38. The van der Waals surface area contributed by atoms with E-state index >= 15 is 0 Å². The summed E-state index contributed by atoms with van der Waals surface area (Å²) in [6, 6.07) is 0. The number of nitrogens with one attached hydrogen (secondary N) is 1. The van der Waals surface area contributed by atoms with Crippen LogP contribution >= 0.6 is 0 Å². The van der Waals surface area contributed by atoms with E-state index in [1.807, 2.05) is 0 Å². The Morgan fingerprint density at radius 3 is 2.37 bits per heavy atom. The Bertz CT molecular complexity index is 448. The number of carbonyl (C=O) groups excluding carboxylic acids is 1. The third-order valence-electron chi connectivity index (χ3n) is 2.38. The predicted octanol–water partition coefficient (Wildman–Crippen LogP) is -0.905. The predicted molar refractivity (Wildman–Crippen MR) is 63.3 cm³/mol. The zero-order chi connectivity index (χ0) is 14.4. The minimum atomic E-state index is -1.27. The number of aliphatic hydroxyl groups excluding tert-OH is 2. The van der Waals surface area contributed by atoms with E-state index in [-0.39, 0.29) is 30.3 Å². The van der Waals surface area contributed by atoms with Gasteiger partial charge in [-0.1, -0.05) is 0 Å². The average molecular weight is 269 g/mol. The number of nitrogens with zero attached hydrogens (tertiary/aromatic N) is 2. The van der Waals surface area contributed by atoms with E-state index in [2.05, 4.69) is 15.3 Å². The van der Waals surface area contributed by atoms with Gasteiger partial charge in [0.25, 0.3) is 0 Å². The van der Waals surface area contributed by atoms with Gasteiger partial charge in [-0.2, -0.15) is 0 Å². The molecule has 0 aliphatic rings.